The van der Waals surface area contributed by atoms with Crippen LogP contribution < -0.4 is 10.2 Å². The Labute approximate surface area is 123 Å². The number of nitrogens with one attached hydrogen (secondary N) is 1. The zero-order valence-corrected chi connectivity index (χ0v) is 11.9. The van der Waals surface area contributed by atoms with Crippen molar-refractivity contribution in [3.63, 3.8) is 0 Å². The highest BCUT2D eigenvalue weighted by Crippen LogP contribution is 2.35. The van der Waals surface area contributed by atoms with Gasteiger partial charge in [-0.3, -0.25) is 0 Å². The van der Waals surface area contributed by atoms with E-state index in [1.807, 2.05) is 4.68 Å². The van der Waals surface area contributed by atoms with Gasteiger partial charge in [0.2, 0.25) is 0 Å². The van der Waals surface area contributed by atoms with Gasteiger partial charge in [0.05, 0.1) is 24.0 Å². The van der Waals surface area contributed by atoms with Crippen LogP contribution in [0.4, 0.5) is 11.4 Å². The lowest BCUT2D eigenvalue weighted by Crippen LogP contribution is -2.34. The summed E-state index contributed by atoms with van der Waals surface area (Å²) in [4.78, 5) is 2.34. The lowest BCUT2D eigenvalue weighted by atomic mass is 10.2. The number of rotatable bonds is 3. The Kier molecular flexibility index (Phi) is 3.48. The first-order chi connectivity index (χ1) is 9.42. The fourth-order valence-electron chi connectivity index (χ4n) is 2.60. The summed E-state index contributed by atoms with van der Waals surface area (Å²) in [7, 11) is 0. The summed E-state index contributed by atoms with van der Waals surface area (Å²) in [5.74, 6) is 0.971. The second kappa shape index (κ2) is 5.28. The standard InChI is InChI=1S/C13H16N6.ClH/c1-2-4-12-11(3-1)14-7-8-18(12)9-13-15-16-17-19(13)10-5-6-10;/h1-4,10,14H,5-9H2;1H. The predicted octanol–water partition coefficient (Wildman–Crippen LogP) is 1.86. The number of hydrogen-bond donors (Lipinski definition) is 1. The van der Waals surface area contributed by atoms with Crippen LogP contribution in [0.25, 0.3) is 0 Å². The first-order valence-electron chi connectivity index (χ1n) is 6.76. The van der Waals surface area contributed by atoms with E-state index in [4.69, 9.17) is 0 Å². The molecule has 1 fully saturated rings. The van der Waals surface area contributed by atoms with E-state index in [9.17, 15) is 0 Å². The van der Waals surface area contributed by atoms with Crippen molar-refractivity contribution >= 4 is 23.8 Å². The van der Waals surface area contributed by atoms with E-state index < -0.39 is 0 Å². The monoisotopic (exact) mass is 292 g/mol. The first kappa shape index (κ1) is 13.2. The number of aromatic nitrogens is 4. The summed E-state index contributed by atoms with van der Waals surface area (Å²) in [5.41, 5.74) is 2.43. The van der Waals surface area contributed by atoms with Crippen LogP contribution in [0, 0.1) is 0 Å². The largest absolute Gasteiger partial charge is 0.382 e. The summed E-state index contributed by atoms with van der Waals surface area (Å²) < 4.78 is 1.99. The third-order valence-electron chi connectivity index (χ3n) is 3.73. The molecule has 0 unspecified atom stereocenters. The van der Waals surface area contributed by atoms with E-state index in [-0.39, 0.29) is 12.4 Å². The third-order valence-corrected chi connectivity index (χ3v) is 3.73. The summed E-state index contributed by atoms with van der Waals surface area (Å²) in [5, 5.41) is 15.5. The fraction of sp³-hybridized carbons (Fsp3) is 0.462. The Morgan fingerprint density at radius 3 is 2.95 bits per heavy atom. The minimum Gasteiger partial charge on any atom is -0.382 e. The highest BCUT2D eigenvalue weighted by Gasteiger charge is 2.28. The van der Waals surface area contributed by atoms with Gasteiger partial charge in [0.1, 0.15) is 0 Å². The molecule has 106 valence electrons. The molecule has 1 aliphatic carbocycles. The third kappa shape index (κ3) is 2.31. The molecular weight excluding hydrogens is 276 g/mol. The number of para-hydroxylation sites is 2. The van der Waals surface area contributed by atoms with Gasteiger partial charge in [0.25, 0.3) is 0 Å². The fourth-order valence-corrected chi connectivity index (χ4v) is 2.60. The Balaban J connectivity index is 0.00000121. The van der Waals surface area contributed by atoms with Gasteiger partial charge in [-0.05, 0) is 35.4 Å². The highest BCUT2D eigenvalue weighted by molar-refractivity contribution is 5.85. The van der Waals surface area contributed by atoms with Crippen molar-refractivity contribution in [2.24, 2.45) is 0 Å². The second-order valence-corrected chi connectivity index (χ2v) is 5.14. The molecule has 2 aliphatic rings. The molecule has 4 rings (SSSR count). The van der Waals surface area contributed by atoms with Crippen molar-refractivity contribution < 1.29 is 0 Å². The number of tetrazole rings is 1. The Hall–Kier alpha value is -1.82. The van der Waals surface area contributed by atoms with E-state index >= 15 is 0 Å². The predicted molar refractivity (Wildman–Crippen MR) is 79.3 cm³/mol. The van der Waals surface area contributed by atoms with Crippen molar-refractivity contribution in [3.8, 4) is 0 Å². The summed E-state index contributed by atoms with van der Waals surface area (Å²) in [6, 6.07) is 8.92. The Bertz CT molecular complexity index is 594. The molecule has 0 atom stereocenters. The molecule has 0 bridgehead atoms. The molecule has 7 heteroatoms. The zero-order valence-electron chi connectivity index (χ0n) is 11.1. The molecule has 1 aromatic heterocycles. The number of fused-ring (bicyclic) bond motifs is 1. The van der Waals surface area contributed by atoms with Crippen LogP contribution in [-0.2, 0) is 6.54 Å². The quantitative estimate of drug-likeness (QED) is 0.936. The van der Waals surface area contributed by atoms with E-state index in [0.717, 1.165) is 25.5 Å². The maximum atomic E-state index is 4.18. The second-order valence-electron chi connectivity index (χ2n) is 5.14. The molecular formula is C13H17ClN6. The van der Waals surface area contributed by atoms with Crippen LogP contribution in [0.1, 0.15) is 24.7 Å². The molecule has 0 spiro atoms. The lowest BCUT2D eigenvalue weighted by molar-refractivity contribution is 0.573. The van der Waals surface area contributed by atoms with Gasteiger partial charge in [-0.25, -0.2) is 4.68 Å². The minimum absolute atomic E-state index is 0. The first-order valence-corrected chi connectivity index (χ1v) is 6.76. The number of nitrogens with zero attached hydrogens (tertiary/aromatic N) is 5. The van der Waals surface area contributed by atoms with Crippen LogP contribution >= 0.6 is 12.4 Å². The van der Waals surface area contributed by atoms with Gasteiger partial charge in [-0.15, -0.1) is 17.5 Å². The van der Waals surface area contributed by atoms with Gasteiger partial charge >= 0.3 is 0 Å². The lowest BCUT2D eigenvalue weighted by Gasteiger charge is -2.31. The number of benzene rings is 1. The van der Waals surface area contributed by atoms with E-state index in [0.29, 0.717) is 6.04 Å². The van der Waals surface area contributed by atoms with Gasteiger partial charge < -0.3 is 10.2 Å². The van der Waals surface area contributed by atoms with Crippen LogP contribution in [-0.4, -0.2) is 33.3 Å². The average molecular weight is 293 g/mol. The molecule has 1 saturated carbocycles. The van der Waals surface area contributed by atoms with Gasteiger partial charge in [0, 0.05) is 13.1 Å². The van der Waals surface area contributed by atoms with Crippen molar-refractivity contribution in [3.05, 3.63) is 30.1 Å². The molecule has 0 radical (unpaired) electrons. The maximum absolute atomic E-state index is 4.18. The average Bonchev–Trinajstić information content (AvgIpc) is 3.20. The van der Waals surface area contributed by atoms with Crippen molar-refractivity contribution in [1.82, 2.24) is 20.2 Å². The molecule has 1 aliphatic heterocycles. The summed E-state index contributed by atoms with van der Waals surface area (Å²) in [6.45, 7) is 2.72. The zero-order chi connectivity index (χ0) is 12.7. The Morgan fingerprint density at radius 2 is 2.10 bits per heavy atom. The molecule has 6 nitrogen and oxygen atoms in total. The van der Waals surface area contributed by atoms with E-state index in [2.05, 4.69) is 50.0 Å². The number of halogens is 1. The minimum atomic E-state index is 0. The van der Waals surface area contributed by atoms with E-state index in [1.54, 1.807) is 0 Å². The molecule has 0 amide bonds. The molecule has 1 N–H and O–H groups in total. The smallest absolute Gasteiger partial charge is 0.170 e. The SMILES string of the molecule is Cl.c1ccc2c(c1)NCCN2Cc1nnnn1C1CC1. The van der Waals surface area contributed by atoms with Gasteiger partial charge in [-0.1, -0.05) is 12.1 Å². The van der Waals surface area contributed by atoms with Crippen molar-refractivity contribution in [1.29, 1.82) is 0 Å². The molecule has 2 aromatic rings. The Morgan fingerprint density at radius 1 is 1.25 bits per heavy atom. The summed E-state index contributed by atoms with van der Waals surface area (Å²) >= 11 is 0. The van der Waals surface area contributed by atoms with Gasteiger partial charge in [-0.2, -0.15) is 0 Å². The normalized spacial score (nSPS) is 17.1. The number of hydrogen-bond acceptors (Lipinski definition) is 5. The van der Waals surface area contributed by atoms with E-state index in [1.165, 1.54) is 24.2 Å². The van der Waals surface area contributed by atoms with Crippen LogP contribution in [0.5, 0.6) is 0 Å². The van der Waals surface area contributed by atoms with Crippen LogP contribution in [0.15, 0.2) is 24.3 Å². The molecule has 0 saturated heterocycles. The van der Waals surface area contributed by atoms with Crippen LogP contribution in [0.3, 0.4) is 0 Å². The van der Waals surface area contributed by atoms with Crippen molar-refractivity contribution in [2.45, 2.75) is 25.4 Å². The van der Waals surface area contributed by atoms with Gasteiger partial charge in [0.15, 0.2) is 5.82 Å². The van der Waals surface area contributed by atoms with Crippen LogP contribution in [0.2, 0.25) is 0 Å². The maximum Gasteiger partial charge on any atom is 0.170 e. The molecule has 20 heavy (non-hydrogen) atoms. The topological polar surface area (TPSA) is 58.9 Å². The highest BCUT2D eigenvalue weighted by atomic mass is 35.5. The van der Waals surface area contributed by atoms with Crippen molar-refractivity contribution in [2.75, 3.05) is 23.3 Å². The summed E-state index contributed by atoms with van der Waals surface area (Å²) in [6.07, 6.45) is 2.41. The molecule has 1 aromatic carbocycles. The molecule has 2 heterocycles. The number of anilines is 2.